The molecule has 0 bridgehead atoms. The van der Waals surface area contributed by atoms with E-state index in [0.717, 1.165) is 12.0 Å². The molecule has 1 saturated heterocycles. The van der Waals surface area contributed by atoms with Crippen LogP contribution in [0, 0.1) is 5.92 Å². The van der Waals surface area contributed by atoms with Crippen molar-refractivity contribution >= 4 is 0 Å². The zero-order valence-electron chi connectivity index (χ0n) is 8.60. The molecule has 1 aliphatic rings. The third-order valence-electron chi connectivity index (χ3n) is 2.90. The van der Waals surface area contributed by atoms with Gasteiger partial charge in [-0.05, 0) is 38.1 Å². The first-order valence-electron chi connectivity index (χ1n) is 5.56. The van der Waals surface area contributed by atoms with Gasteiger partial charge in [0, 0.05) is 6.04 Å². The van der Waals surface area contributed by atoms with Gasteiger partial charge in [0.1, 0.15) is 0 Å². The first-order chi connectivity index (χ1) is 5.83. The summed E-state index contributed by atoms with van der Waals surface area (Å²) in [7, 11) is 0. The van der Waals surface area contributed by atoms with E-state index in [1.807, 2.05) is 0 Å². The topological polar surface area (TPSA) is 12.0 Å². The van der Waals surface area contributed by atoms with E-state index >= 15 is 0 Å². The van der Waals surface area contributed by atoms with E-state index in [-0.39, 0.29) is 0 Å². The van der Waals surface area contributed by atoms with Crippen LogP contribution >= 0.6 is 0 Å². The van der Waals surface area contributed by atoms with Crippen molar-refractivity contribution < 1.29 is 0 Å². The van der Waals surface area contributed by atoms with Crippen LogP contribution in [0.5, 0.6) is 0 Å². The molecule has 1 unspecified atom stereocenters. The van der Waals surface area contributed by atoms with Crippen LogP contribution in [0.2, 0.25) is 0 Å². The number of unbranched alkanes of at least 4 members (excludes halogenated alkanes) is 1. The second-order valence-electron chi connectivity index (χ2n) is 4.28. The van der Waals surface area contributed by atoms with Crippen LogP contribution in [0.15, 0.2) is 0 Å². The maximum atomic E-state index is 3.65. The minimum absolute atomic E-state index is 0.822. The van der Waals surface area contributed by atoms with Crippen LogP contribution in [0.4, 0.5) is 0 Å². The van der Waals surface area contributed by atoms with Gasteiger partial charge >= 0.3 is 0 Å². The highest BCUT2D eigenvalue weighted by atomic mass is 14.9. The van der Waals surface area contributed by atoms with Gasteiger partial charge in [0.15, 0.2) is 0 Å². The molecule has 2 atom stereocenters. The predicted molar refractivity (Wildman–Crippen MR) is 54.3 cm³/mol. The molecule has 1 fully saturated rings. The van der Waals surface area contributed by atoms with Gasteiger partial charge in [0.25, 0.3) is 0 Å². The van der Waals surface area contributed by atoms with Gasteiger partial charge in [-0.1, -0.05) is 26.7 Å². The summed E-state index contributed by atoms with van der Waals surface area (Å²) in [6, 6.07) is 0.822. The fourth-order valence-electron chi connectivity index (χ4n) is 2.11. The Hall–Kier alpha value is -0.0400. The molecule has 0 amide bonds. The summed E-state index contributed by atoms with van der Waals surface area (Å²) in [5, 5.41) is 3.65. The van der Waals surface area contributed by atoms with E-state index in [4.69, 9.17) is 0 Å². The van der Waals surface area contributed by atoms with Crippen LogP contribution in [-0.4, -0.2) is 12.6 Å². The number of hydrogen-bond acceptors (Lipinski definition) is 1. The molecule has 0 aliphatic carbocycles. The van der Waals surface area contributed by atoms with Gasteiger partial charge in [0.2, 0.25) is 0 Å². The van der Waals surface area contributed by atoms with Crippen molar-refractivity contribution in [3.05, 3.63) is 0 Å². The van der Waals surface area contributed by atoms with Crippen molar-refractivity contribution in [2.75, 3.05) is 6.54 Å². The van der Waals surface area contributed by atoms with Crippen molar-refractivity contribution in [1.29, 1.82) is 0 Å². The summed E-state index contributed by atoms with van der Waals surface area (Å²) < 4.78 is 0. The van der Waals surface area contributed by atoms with Gasteiger partial charge in [-0.15, -0.1) is 0 Å². The monoisotopic (exact) mass is 169 g/mol. The highest BCUT2D eigenvalue weighted by molar-refractivity contribution is 4.73. The largest absolute Gasteiger partial charge is 0.314 e. The molecule has 0 aromatic heterocycles. The summed E-state index contributed by atoms with van der Waals surface area (Å²) in [5.41, 5.74) is 0. The standard InChI is InChI=1S/C11H23N/c1-3-4-7-11-9-10(2)6-5-8-12-11/h10-12H,3-9H2,1-2H3/t10?,11-/m0/s1. The lowest BCUT2D eigenvalue weighted by atomic mass is 9.96. The van der Waals surface area contributed by atoms with Crippen LogP contribution in [0.25, 0.3) is 0 Å². The molecule has 1 N–H and O–H groups in total. The number of nitrogens with one attached hydrogen (secondary N) is 1. The fraction of sp³-hybridized carbons (Fsp3) is 1.00. The Morgan fingerprint density at radius 2 is 2.25 bits per heavy atom. The van der Waals surface area contributed by atoms with Crippen molar-refractivity contribution in [2.45, 2.75) is 58.4 Å². The summed E-state index contributed by atoms with van der Waals surface area (Å²) >= 11 is 0. The van der Waals surface area contributed by atoms with Gasteiger partial charge in [-0.25, -0.2) is 0 Å². The Balaban J connectivity index is 2.21. The van der Waals surface area contributed by atoms with E-state index in [1.54, 1.807) is 0 Å². The molecule has 1 nitrogen and oxygen atoms in total. The maximum Gasteiger partial charge on any atom is 0.00695 e. The van der Waals surface area contributed by atoms with E-state index in [9.17, 15) is 0 Å². The first-order valence-corrected chi connectivity index (χ1v) is 5.56. The van der Waals surface area contributed by atoms with Crippen LogP contribution in [0.3, 0.4) is 0 Å². The zero-order valence-corrected chi connectivity index (χ0v) is 8.60. The zero-order chi connectivity index (χ0) is 8.81. The smallest absolute Gasteiger partial charge is 0.00695 e. The van der Waals surface area contributed by atoms with Crippen LogP contribution < -0.4 is 5.32 Å². The van der Waals surface area contributed by atoms with Crippen molar-refractivity contribution in [3.63, 3.8) is 0 Å². The van der Waals surface area contributed by atoms with Gasteiger partial charge < -0.3 is 5.32 Å². The minimum Gasteiger partial charge on any atom is -0.314 e. The molecule has 0 aromatic rings. The second kappa shape index (κ2) is 5.58. The first kappa shape index (κ1) is 10.0. The van der Waals surface area contributed by atoms with E-state index in [2.05, 4.69) is 19.2 Å². The highest BCUT2D eigenvalue weighted by Crippen LogP contribution is 2.18. The molecule has 1 rings (SSSR count). The quantitative estimate of drug-likeness (QED) is 0.685. The third-order valence-corrected chi connectivity index (χ3v) is 2.90. The molecule has 12 heavy (non-hydrogen) atoms. The number of hydrogen-bond donors (Lipinski definition) is 1. The Morgan fingerprint density at radius 1 is 1.42 bits per heavy atom. The van der Waals surface area contributed by atoms with Gasteiger partial charge in [-0.3, -0.25) is 0 Å². The molecule has 0 aromatic carbocycles. The van der Waals surface area contributed by atoms with Crippen molar-refractivity contribution in [1.82, 2.24) is 5.32 Å². The summed E-state index contributed by atoms with van der Waals surface area (Å²) in [4.78, 5) is 0. The second-order valence-corrected chi connectivity index (χ2v) is 4.28. The highest BCUT2D eigenvalue weighted by Gasteiger charge is 2.15. The Bertz CT molecular complexity index is 112. The van der Waals surface area contributed by atoms with Crippen LogP contribution in [0.1, 0.15) is 52.4 Å². The SMILES string of the molecule is CCCC[C@H]1CC(C)CCCN1. The molecule has 72 valence electrons. The summed E-state index contributed by atoms with van der Waals surface area (Å²) in [6.07, 6.45) is 8.33. The average molecular weight is 169 g/mol. The molecule has 1 heterocycles. The van der Waals surface area contributed by atoms with Crippen molar-refractivity contribution in [3.8, 4) is 0 Å². The summed E-state index contributed by atoms with van der Waals surface area (Å²) in [5.74, 6) is 0.946. The van der Waals surface area contributed by atoms with E-state index in [1.165, 1.54) is 45.1 Å². The Kier molecular flexibility index (Phi) is 4.67. The molecular formula is C11H23N. The van der Waals surface area contributed by atoms with Crippen LogP contribution in [-0.2, 0) is 0 Å². The van der Waals surface area contributed by atoms with Crippen molar-refractivity contribution in [2.24, 2.45) is 5.92 Å². The fourth-order valence-corrected chi connectivity index (χ4v) is 2.11. The lowest BCUT2D eigenvalue weighted by Crippen LogP contribution is -2.28. The molecule has 0 radical (unpaired) electrons. The molecular weight excluding hydrogens is 146 g/mol. The third kappa shape index (κ3) is 3.57. The predicted octanol–water partition coefficient (Wildman–Crippen LogP) is 2.95. The maximum absolute atomic E-state index is 3.65. The van der Waals surface area contributed by atoms with Gasteiger partial charge in [-0.2, -0.15) is 0 Å². The Labute approximate surface area is 76.9 Å². The molecule has 1 heteroatoms. The lowest BCUT2D eigenvalue weighted by Gasteiger charge is -2.17. The Morgan fingerprint density at radius 3 is 3.00 bits per heavy atom. The van der Waals surface area contributed by atoms with E-state index in [0.29, 0.717) is 0 Å². The van der Waals surface area contributed by atoms with E-state index < -0.39 is 0 Å². The normalized spacial score (nSPS) is 31.5. The average Bonchev–Trinajstić information content (AvgIpc) is 2.26. The lowest BCUT2D eigenvalue weighted by molar-refractivity contribution is 0.410. The minimum atomic E-state index is 0.822. The molecule has 0 saturated carbocycles. The summed E-state index contributed by atoms with van der Waals surface area (Å²) in [6.45, 7) is 5.92. The molecule has 0 spiro atoms. The molecule has 1 aliphatic heterocycles. The van der Waals surface area contributed by atoms with Gasteiger partial charge in [0.05, 0.1) is 0 Å². The number of rotatable bonds is 3.